The molecule has 82 valence electrons. The van der Waals surface area contributed by atoms with Gasteiger partial charge in [0, 0.05) is 25.7 Å². The van der Waals surface area contributed by atoms with E-state index in [4.69, 9.17) is 5.73 Å². The SMILES string of the molecule is CC(C)CC(CN)N1CCCNC1=O. The number of amides is 2. The molecule has 4 nitrogen and oxygen atoms in total. The second-order valence-corrected chi connectivity index (χ2v) is 4.30. The zero-order chi connectivity index (χ0) is 10.6. The van der Waals surface area contributed by atoms with Crippen LogP contribution in [0, 0.1) is 5.92 Å². The molecule has 1 aliphatic heterocycles. The second kappa shape index (κ2) is 5.20. The van der Waals surface area contributed by atoms with E-state index in [1.54, 1.807) is 0 Å². The third kappa shape index (κ3) is 2.87. The van der Waals surface area contributed by atoms with Gasteiger partial charge in [-0.2, -0.15) is 0 Å². The van der Waals surface area contributed by atoms with Gasteiger partial charge in [-0.3, -0.25) is 0 Å². The Morgan fingerprint density at radius 2 is 2.29 bits per heavy atom. The number of carbonyl (C=O) groups is 1. The van der Waals surface area contributed by atoms with Crippen molar-refractivity contribution >= 4 is 6.03 Å². The highest BCUT2D eigenvalue weighted by atomic mass is 16.2. The molecule has 0 saturated carbocycles. The summed E-state index contributed by atoms with van der Waals surface area (Å²) in [6.45, 7) is 6.52. The highest BCUT2D eigenvalue weighted by Crippen LogP contribution is 2.13. The van der Waals surface area contributed by atoms with Crippen molar-refractivity contribution in [3.63, 3.8) is 0 Å². The van der Waals surface area contributed by atoms with E-state index in [0.29, 0.717) is 12.5 Å². The Kier molecular flexibility index (Phi) is 4.20. The summed E-state index contributed by atoms with van der Waals surface area (Å²) in [5.74, 6) is 0.582. The van der Waals surface area contributed by atoms with E-state index in [1.165, 1.54) is 0 Å². The molecule has 1 unspecified atom stereocenters. The molecule has 0 aliphatic carbocycles. The van der Waals surface area contributed by atoms with E-state index in [0.717, 1.165) is 25.9 Å². The summed E-state index contributed by atoms with van der Waals surface area (Å²) in [6, 6.07) is 0.252. The Labute approximate surface area is 85.8 Å². The van der Waals surface area contributed by atoms with Crippen LogP contribution in [-0.2, 0) is 0 Å². The molecule has 1 heterocycles. The van der Waals surface area contributed by atoms with Crippen LogP contribution >= 0.6 is 0 Å². The molecule has 0 spiro atoms. The lowest BCUT2D eigenvalue weighted by atomic mass is 10.0. The fourth-order valence-electron chi connectivity index (χ4n) is 1.89. The van der Waals surface area contributed by atoms with Crippen LogP contribution in [0.1, 0.15) is 26.7 Å². The van der Waals surface area contributed by atoms with Gasteiger partial charge in [-0.25, -0.2) is 4.79 Å². The van der Waals surface area contributed by atoms with Gasteiger partial charge in [0.1, 0.15) is 0 Å². The van der Waals surface area contributed by atoms with Gasteiger partial charge in [0.25, 0.3) is 0 Å². The molecule has 0 radical (unpaired) electrons. The van der Waals surface area contributed by atoms with Crippen molar-refractivity contribution < 1.29 is 4.79 Å². The summed E-state index contributed by atoms with van der Waals surface area (Å²) in [5, 5.41) is 2.85. The molecular weight excluding hydrogens is 178 g/mol. The summed E-state index contributed by atoms with van der Waals surface area (Å²) >= 11 is 0. The average Bonchev–Trinajstić information content (AvgIpc) is 2.15. The molecule has 3 N–H and O–H groups in total. The highest BCUT2D eigenvalue weighted by molar-refractivity contribution is 5.75. The zero-order valence-corrected chi connectivity index (χ0v) is 9.12. The molecule has 1 atom stereocenters. The van der Waals surface area contributed by atoms with Crippen molar-refractivity contribution in [1.82, 2.24) is 10.2 Å². The maximum Gasteiger partial charge on any atom is 0.317 e. The smallest absolute Gasteiger partial charge is 0.317 e. The zero-order valence-electron chi connectivity index (χ0n) is 9.12. The Morgan fingerprint density at radius 1 is 1.57 bits per heavy atom. The third-order valence-corrected chi connectivity index (χ3v) is 2.57. The van der Waals surface area contributed by atoms with Gasteiger partial charge in [-0.05, 0) is 18.8 Å². The highest BCUT2D eigenvalue weighted by Gasteiger charge is 2.25. The molecule has 14 heavy (non-hydrogen) atoms. The number of nitrogens with two attached hydrogens (primary N) is 1. The molecule has 0 aromatic heterocycles. The van der Waals surface area contributed by atoms with Crippen molar-refractivity contribution in [2.24, 2.45) is 11.7 Å². The first-order valence-corrected chi connectivity index (χ1v) is 5.39. The molecule has 0 aromatic carbocycles. The predicted molar refractivity (Wildman–Crippen MR) is 57.0 cm³/mol. The minimum absolute atomic E-state index is 0.0485. The first-order chi connectivity index (χ1) is 6.65. The Hall–Kier alpha value is -0.770. The topological polar surface area (TPSA) is 58.4 Å². The second-order valence-electron chi connectivity index (χ2n) is 4.30. The van der Waals surface area contributed by atoms with Gasteiger partial charge in [-0.15, -0.1) is 0 Å². The predicted octanol–water partition coefficient (Wildman–Crippen LogP) is 0.775. The van der Waals surface area contributed by atoms with Gasteiger partial charge >= 0.3 is 6.03 Å². The van der Waals surface area contributed by atoms with E-state index in [-0.39, 0.29) is 12.1 Å². The van der Waals surface area contributed by atoms with E-state index >= 15 is 0 Å². The van der Waals surface area contributed by atoms with Gasteiger partial charge in [0.15, 0.2) is 0 Å². The molecule has 1 saturated heterocycles. The van der Waals surface area contributed by atoms with Crippen LogP contribution in [-0.4, -0.2) is 36.6 Å². The normalized spacial score (nSPS) is 19.7. The fourth-order valence-corrected chi connectivity index (χ4v) is 1.89. The lowest BCUT2D eigenvalue weighted by Crippen LogP contribution is -2.53. The van der Waals surface area contributed by atoms with Crippen molar-refractivity contribution in [3.05, 3.63) is 0 Å². The summed E-state index contributed by atoms with van der Waals surface area (Å²) in [7, 11) is 0. The Bertz CT molecular complexity index is 194. The van der Waals surface area contributed by atoms with Crippen LogP contribution in [0.25, 0.3) is 0 Å². The number of carbonyl (C=O) groups excluding carboxylic acids is 1. The van der Waals surface area contributed by atoms with Gasteiger partial charge in [0.05, 0.1) is 0 Å². The van der Waals surface area contributed by atoms with Crippen LogP contribution < -0.4 is 11.1 Å². The van der Waals surface area contributed by atoms with Crippen LogP contribution in [0.3, 0.4) is 0 Å². The summed E-state index contributed by atoms with van der Waals surface area (Å²) in [4.78, 5) is 13.4. The van der Waals surface area contributed by atoms with Crippen molar-refractivity contribution in [3.8, 4) is 0 Å². The Morgan fingerprint density at radius 3 is 2.79 bits per heavy atom. The summed E-state index contributed by atoms with van der Waals surface area (Å²) < 4.78 is 0. The number of rotatable bonds is 4. The number of hydrogen-bond acceptors (Lipinski definition) is 2. The molecule has 1 fully saturated rings. The average molecular weight is 199 g/mol. The van der Waals surface area contributed by atoms with E-state index in [1.807, 2.05) is 4.90 Å². The third-order valence-electron chi connectivity index (χ3n) is 2.57. The van der Waals surface area contributed by atoms with E-state index in [2.05, 4.69) is 19.2 Å². The lowest BCUT2D eigenvalue weighted by Gasteiger charge is -2.35. The number of nitrogens with zero attached hydrogens (tertiary/aromatic N) is 1. The van der Waals surface area contributed by atoms with Gasteiger partial charge < -0.3 is 16.0 Å². The fraction of sp³-hybridized carbons (Fsp3) is 0.900. The number of nitrogens with one attached hydrogen (secondary N) is 1. The van der Waals surface area contributed by atoms with Crippen LogP contribution in [0.4, 0.5) is 4.79 Å². The first kappa shape index (κ1) is 11.3. The Balaban J connectivity index is 2.53. The standard InChI is InChI=1S/C10H21N3O/c1-8(2)6-9(7-11)13-5-3-4-12-10(13)14/h8-9H,3-7,11H2,1-2H3,(H,12,14). The van der Waals surface area contributed by atoms with Crippen molar-refractivity contribution in [2.75, 3.05) is 19.6 Å². The van der Waals surface area contributed by atoms with Crippen LogP contribution in [0.15, 0.2) is 0 Å². The van der Waals surface area contributed by atoms with E-state index < -0.39 is 0 Å². The van der Waals surface area contributed by atoms with Crippen LogP contribution in [0.5, 0.6) is 0 Å². The lowest BCUT2D eigenvalue weighted by molar-refractivity contribution is 0.154. The maximum atomic E-state index is 11.5. The monoisotopic (exact) mass is 199 g/mol. The minimum atomic E-state index is 0.0485. The molecule has 0 bridgehead atoms. The first-order valence-electron chi connectivity index (χ1n) is 5.39. The van der Waals surface area contributed by atoms with Crippen LogP contribution in [0.2, 0.25) is 0 Å². The maximum absolute atomic E-state index is 11.5. The molecule has 1 rings (SSSR count). The van der Waals surface area contributed by atoms with E-state index in [9.17, 15) is 4.79 Å². The quantitative estimate of drug-likeness (QED) is 0.703. The van der Waals surface area contributed by atoms with Crippen molar-refractivity contribution in [1.29, 1.82) is 0 Å². The van der Waals surface area contributed by atoms with Gasteiger partial charge in [0.2, 0.25) is 0 Å². The molecule has 1 aliphatic rings. The van der Waals surface area contributed by atoms with Crippen molar-refractivity contribution in [2.45, 2.75) is 32.7 Å². The summed E-state index contributed by atoms with van der Waals surface area (Å²) in [6.07, 6.45) is 2.02. The minimum Gasteiger partial charge on any atom is -0.338 e. The summed E-state index contributed by atoms with van der Waals surface area (Å²) in [5.41, 5.74) is 5.69. The molecule has 2 amide bonds. The molecule has 0 aromatic rings. The number of urea groups is 1. The van der Waals surface area contributed by atoms with Gasteiger partial charge in [-0.1, -0.05) is 13.8 Å². The largest absolute Gasteiger partial charge is 0.338 e. The molecular formula is C10H21N3O. The molecule has 4 heteroatoms. The number of hydrogen-bond donors (Lipinski definition) is 2.